The summed E-state index contributed by atoms with van der Waals surface area (Å²) in [4.78, 5) is 21.2. The van der Waals surface area contributed by atoms with Crippen LogP contribution in [-0.4, -0.2) is 22.2 Å². The van der Waals surface area contributed by atoms with E-state index < -0.39 is 28.9 Å². The zero-order valence-corrected chi connectivity index (χ0v) is 7.24. The predicted molar refractivity (Wildman–Crippen MR) is 45.1 cm³/mol. The van der Waals surface area contributed by atoms with E-state index in [0.717, 1.165) is 6.07 Å². The molecule has 74 valence electrons. The smallest absolute Gasteiger partial charge is 0.336 e. The second-order valence-corrected chi connectivity index (χ2v) is 2.76. The molecule has 0 unspecified atom stereocenters. The third-order valence-corrected chi connectivity index (χ3v) is 1.76. The molecule has 0 bridgehead atoms. The Kier molecular flexibility index (Phi) is 2.51. The molecule has 1 aromatic carbocycles. The van der Waals surface area contributed by atoms with Crippen LogP contribution in [0.1, 0.15) is 26.3 Å². The Balaban J connectivity index is 3.46. The molecule has 0 fully saturated rings. The highest BCUT2D eigenvalue weighted by atomic mass is 19.1. The molecule has 0 atom stereocenters. The van der Waals surface area contributed by atoms with Gasteiger partial charge >= 0.3 is 11.9 Å². The van der Waals surface area contributed by atoms with Crippen molar-refractivity contribution in [2.24, 2.45) is 0 Å². The van der Waals surface area contributed by atoms with Crippen LogP contribution in [0.5, 0.6) is 0 Å². The number of aryl methyl sites for hydroxylation is 1. The lowest BCUT2D eigenvalue weighted by Gasteiger charge is -2.03. The molecule has 0 aliphatic heterocycles. The number of carbonyl (C=O) groups is 2. The number of rotatable bonds is 2. The molecule has 4 nitrogen and oxygen atoms in total. The summed E-state index contributed by atoms with van der Waals surface area (Å²) in [7, 11) is 0. The topological polar surface area (TPSA) is 74.6 Å². The van der Waals surface area contributed by atoms with Gasteiger partial charge < -0.3 is 10.2 Å². The number of carboxylic acid groups (broad SMARTS) is 2. The van der Waals surface area contributed by atoms with Crippen LogP contribution in [0.2, 0.25) is 0 Å². The van der Waals surface area contributed by atoms with Crippen molar-refractivity contribution < 1.29 is 24.2 Å². The van der Waals surface area contributed by atoms with E-state index in [1.54, 1.807) is 0 Å². The summed E-state index contributed by atoms with van der Waals surface area (Å²) in [5.41, 5.74) is -0.843. The maximum absolute atomic E-state index is 12.9. The SMILES string of the molecule is Cc1cc(C(=O)O)c(C(=O)O)cc1F. The molecule has 0 radical (unpaired) electrons. The third kappa shape index (κ3) is 1.71. The molecule has 0 amide bonds. The molecule has 2 N–H and O–H groups in total. The normalized spacial score (nSPS) is 9.86. The van der Waals surface area contributed by atoms with E-state index in [1.807, 2.05) is 0 Å². The number of halogens is 1. The fourth-order valence-corrected chi connectivity index (χ4v) is 1.04. The van der Waals surface area contributed by atoms with Gasteiger partial charge in [-0.1, -0.05) is 0 Å². The van der Waals surface area contributed by atoms with Crippen LogP contribution in [0, 0.1) is 12.7 Å². The average Bonchev–Trinajstić information content (AvgIpc) is 2.08. The minimum absolute atomic E-state index is 0.104. The maximum atomic E-state index is 12.9. The van der Waals surface area contributed by atoms with Gasteiger partial charge in [-0.3, -0.25) is 0 Å². The first kappa shape index (κ1) is 10.2. The minimum atomic E-state index is -1.46. The van der Waals surface area contributed by atoms with Crippen molar-refractivity contribution in [3.05, 3.63) is 34.6 Å². The first-order chi connectivity index (χ1) is 6.43. The molecule has 1 aromatic rings. The highest BCUT2D eigenvalue weighted by Crippen LogP contribution is 2.15. The summed E-state index contributed by atoms with van der Waals surface area (Å²) >= 11 is 0. The Morgan fingerprint density at radius 2 is 1.57 bits per heavy atom. The van der Waals surface area contributed by atoms with Gasteiger partial charge in [0.15, 0.2) is 0 Å². The number of hydrogen-bond donors (Lipinski definition) is 2. The molecule has 0 aliphatic rings. The van der Waals surface area contributed by atoms with Gasteiger partial charge in [0, 0.05) is 0 Å². The Morgan fingerprint density at radius 1 is 1.14 bits per heavy atom. The van der Waals surface area contributed by atoms with Crippen molar-refractivity contribution in [3.63, 3.8) is 0 Å². The zero-order valence-electron chi connectivity index (χ0n) is 7.24. The third-order valence-electron chi connectivity index (χ3n) is 1.76. The Labute approximate surface area is 78.6 Å². The van der Waals surface area contributed by atoms with E-state index in [2.05, 4.69) is 0 Å². The zero-order chi connectivity index (χ0) is 10.9. The van der Waals surface area contributed by atoms with Crippen LogP contribution in [0.3, 0.4) is 0 Å². The average molecular weight is 198 g/mol. The fourth-order valence-electron chi connectivity index (χ4n) is 1.04. The summed E-state index contributed by atoms with van der Waals surface area (Å²) in [5.74, 6) is -3.57. The second-order valence-electron chi connectivity index (χ2n) is 2.76. The van der Waals surface area contributed by atoms with E-state index in [-0.39, 0.29) is 5.56 Å². The van der Waals surface area contributed by atoms with Crippen LogP contribution in [0.4, 0.5) is 4.39 Å². The maximum Gasteiger partial charge on any atom is 0.336 e. The lowest BCUT2D eigenvalue weighted by Crippen LogP contribution is -2.09. The van der Waals surface area contributed by atoms with E-state index in [1.165, 1.54) is 6.92 Å². The molecule has 5 heteroatoms. The van der Waals surface area contributed by atoms with E-state index in [0.29, 0.717) is 6.07 Å². The van der Waals surface area contributed by atoms with Crippen molar-refractivity contribution >= 4 is 11.9 Å². The second kappa shape index (κ2) is 3.45. The van der Waals surface area contributed by atoms with Crippen LogP contribution in [0.25, 0.3) is 0 Å². The molecular weight excluding hydrogens is 191 g/mol. The van der Waals surface area contributed by atoms with Gasteiger partial charge in [-0.05, 0) is 24.6 Å². The number of benzene rings is 1. The Hall–Kier alpha value is -1.91. The lowest BCUT2D eigenvalue weighted by molar-refractivity contribution is 0.0651. The molecule has 0 saturated carbocycles. The van der Waals surface area contributed by atoms with E-state index >= 15 is 0 Å². The first-order valence-corrected chi connectivity index (χ1v) is 3.70. The van der Waals surface area contributed by atoms with Gasteiger partial charge in [-0.15, -0.1) is 0 Å². The van der Waals surface area contributed by atoms with Gasteiger partial charge in [0.1, 0.15) is 5.82 Å². The summed E-state index contributed by atoms with van der Waals surface area (Å²) in [6.07, 6.45) is 0. The standard InChI is InChI=1S/C9H7FO4/c1-4-2-5(8(11)12)6(9(13)14)3-7(4)10/h2-3H,1H3,(H,11,12)(H,13,14). The number of hydrogen-bond acceptors (Lipinski definition) is 2. The van der Waals surface area contributed by atoms with Gasteiger partial charge in [0.05, 0.1) is 11.1 Å². The molecule has 0 spiro atoms. The van der Waals surface area contributed by atoms with Gasteiger partial charge in [-0.25, -0.2) is 14.0 Å². The lowest BCUT2D eigenvalue weighted by atomic mass is 10.0. The van der Waals surface area contributed by atoms with Gasteiger partial charge in [0.25, 0.3) is 0 Å². The summed E-state index contributed by atoms with van der Waals surface area (Å²) in [6, 6.07) is 1.71. The molecule has 14 heavy (non-hydrogen) atoms. The van der Waals surface area contributed by atoms with Crippen molar-refractivity contribution in [1.29, 1.82) is 0 Å². The number of aromatic carboxylic acids is 2. The summed E-state index contributed by atoms with van der Waals surface area (Å²) < 4.78 is 12.9. The molecule has 0 aromatic heterocycles. The molecule has 0 saturated heterocycles. The molecule has 1 rings (SSSR count). The first-order valence-electron chi connectivity index (χ1n) is 3.70. The summed E-state index contributed by atoms with van der Waals surface area (Å²) in [5, 5.41) is 17.2. The van der Waals surface area contributed by atoms with Crippen LogP contribution >= 0.6 is 0 Å². The largest absolute Gasteiger partial charge is 0.478 e. The molecule has 0 heterocycles. The van der Waals surface area contributed by atoms with E-state index in [9.17, 15) is 14.0 Å². The van der Waals surface area contributed by atoms with Gasteiger partial charge in [-0.2, -0.15) is 0 Å². The van der Waals surface area contributed by atoms with E-state index in [4.69, 9.17) is 10.2 Å². The van der Waals surface area contributed by atoms with Crippen molar-refractivity contribution in [2.45, 2.75) is 6.92 Å². The molecule has 0 aliphatic carbocycles. The monoisotopic (exact) mass is 198 g/mol. The van der Waals surface area contributed by atoms with Gasteiger partial charge in [0.2, 0.25) is 0 Å². The van der Waals surface area contributed by atoms with Crippen molar-refractivity contribution in [2.75, 3.05) is 0 Å². The van der Waals surface area contributed by atoms with Crippen LogP contribution in [-0.2, 0) is 0 Å². The Morgan fingerprint density at radius 3 is 2.00 bits per heavy atom. The Bertz CT molecular complexity index is 373. The van der Waals surface area contributed by atoms with Crippen LogP contribution in [0.15, 0.2) is 12.1 Å². The number of carboxylic acids is 2. The quantitative estimate of drug-likeness (QED) is 0.755. The highest BCUT2D eigenvalue weighted by molar-refractivity contribution is 6.01. The predicted octanol–water partition coefficient (Wildman–Crippen LogP) is 1.53. The van der Waals surface area contributed by atoms with Crippen LogP contribution < -0.4 is 0 Å². The molecular formula is C9H7FO4. The summed E-state index contributed by atoms with van der Waals surface area (Å²) in [6.45, 7) is 1.37. The highest BCUT2D eigenvalue weighted by Gasteiger charge is 2.17. The van der Waals surface area contributed by atoms with Crippen molar-refractivity contribution in [1.82, 2.24) is 0 Å². The fraction of sp³-hybridized carbons (Fsp3) is 0.111. The van der Waals surface area contributed by atoms with Crippen molar-refractivity contribution in [3.8, 4) is 0 Å². The minimum Gasteiger partial charge on any atom is -0.478 e.